The summed E-state index contributed by atoms with van der Waals surface area (Å²) in [6.45, 7) is 11.1. The Bertz CT molecular complexity index is 913. The number of likely N-dealkylation sites (N-methyl/N-ethyl adjacent to an activating group) is 1. The number of carbonyl (C=O) groups excluding carboxylic acids is 1. The van der Waals surface area contributed by atoms with E-state index in [-0.39, 0.29) is 5.91 Å². The van der Waals surface area contributed by atoms with Crippen molar-refractivity contribution in [3.05, 3.63) is 40.2 Å². The molecule has 164 valence electrons. The number of hydrogen-bond donors (Lipinski definition) is 2. The molecule has 3 heterocycles. The molecule has 1 amide bonds. The number of oxime groups is 1. The molecule has 0 fully saturated rings. The number of thiophene rings is 1. The molecule has 2 aromatic heterocycles. The highest BCUT2D eigenvalue weighted by molar-refractivity contribution is 7.12. The molecule has 0 spiro atoms. The number of nitrogens with one attached hydrogen (secondary N) is 1. The molecule has 0 aliphatic carbocycles. The van der Waals surface area contributed by atoms with Crippen molar-refractivity contribution in [3.8, 4) is 0 Å². The molecule has 1 aliphatic rings. The number of aromatic nitrogens is 1. The summed E-state index contributed by atoms with van der Waals surface area (Å²) in [5, 5.41) is 4.32. The van der Waals surface area contributed by atoms with Crippen molar-refractivity contribution in [2.24, 2.45) is 10.9 Å². The lowest BCUT2D eigenvalue weighted by Gasteiger charge is -2.37. The summed E-state index contributed by atoms with van der Waals surface area (Å²) in [5.74, 6) is 1.47. The minimum atomic E-state index is -2.27. The molecule has 0 saturated heterocycles. The number of carbonyl (C=O) groups is 1. The fourth-order valence-electron chi connectivity index (χ4n) is 3.57. The molecule has 0 unspecified atom stereocenters. The van der Waals surface area contributed by atoms with E-state index in [1.54, 1.807) is 29.5 Å². The van der Waals surface area contributed by atoms with Gasteiger partial charge in [-0.15, -0.1) is 11.3 Å². The van der Waals surface area contributed by atoms with Gasteiger partial charge >= 0.3 is 8.56 Å². The van der Waals surface area contributed by atoms with E-state index in [1.807, 2.05) is 32.2 Å². The van der Waals surface area contributed by atoms with Gasteiger partial charge in [0.2, 0.25) is 5.91 Å². The van der Waals surface area contributed by atoms with Gasteiger partial charge in [-0.2, -0.15) is 0 Å². The highest BCUT2D eigenvalue weighted by Crippen LogP contribution is 2.28. The summed E-state index contributed by atoms with van der Waals surface area (Å²) in [5.41, 5.74) is 6.21. The van der Waals surface area contributed by atoms with Crippen LogP contribution in [0.25, 0.3) is 0 Å². The number of aromatic amines is 1. The standard InChI is InChI=1S/C19H31N5O3SSi2/c1-14-22-26-30(5,6)27-29(3,4)24(14)13-16-10-9-15(28-16)12-17(20)19(25)23(2)18-8-7-11-21-18/h7-11,17,21H,12-13,20H2,1-6H3/t17-/m0/s1. The van der Waals surface area contributed by atoms with Crippen LogP contribution in [0.3, 0.4) is 0 Å². The summed E-state index contributed by atoms with van der Waals surface area (Å²) in [7, 11) is -2.72. The number of amidine groups is 1. The predicted molar refractivity (Wildman–Crippen MR) is 126 cm³/mol. The molecule has 0 radical (unpaired) electrons. The van der Waals surface area contributed by atoms with E-state index >= 15 is 0 Å². The van der Waals surface area contributed by atoms with E-state index in [0.29, 0.717) is 13.0 Å². The highest BCUT2D eigenvalue weighted by Gasteiger charge is 2.44. The van der Waals surface area contributed by atoms with Gasteiger partial charge in [-0.25, -0.2) is 0 Å². The zero-order chi connectivity index (χ0) is 22.1. The van der Waals surface area contributed by atoms with Crippen LogP contribution in [0.1, 0.15) is 16.7 Å². The Labute approximate surface area is 184 Å². The number of nitrogens with two attached hydrogens (primary N) is 1. The van der Waals surface area contributed by atoms with Gasteiger partial charge in [0.15, 0.2) is 0 Å². The zero-order valence-electron chi connectivity index (χ0n) is 18.4. The number of amides is 1. The van der Waals surface area contributed by atoms with E-state index < -0.39 is 23.1 Å². The van der Waals surface area contributed by atoms with E-state index in [9.17, 15) is 4.79 Å². The van der Waals surface area contributed by atoms with Crippen LogP contribution in [0.4, 0.5) is 5.82 Å². The first-order valence-corrected chi connectivity index (χ1v) is 16.4. The number of H-pyrrole nitrogens is 1. The average Bonchev–Trinajstić information content (AvgIpc) is 3.32. The number of hydrogen-bond acceptors (Lipinski definition) is 7. The molecule has 30 heavy (non-hydrogen) atoms. The van der Waals surface area contributed by atoms with Crippen LogP contribution in [0.2, 0.25) is 26.2 Å². The van der Waals surface area contributed by atoms with Gasteiger partial charge in [0.1, 0.15) is 11.7 Å². The van der Waals surface area contributed by atoms with Gasteiger partial charge in [-0.05, 0) is 57.4 Å². The number of rotatable bonds is 6. The maximum absolute atomic E-state index is 12.6. The zero-order valence-corrected chi connectivity index (χ0v) is 21.2. The molecule has 0 saturated carbocycles. The molecule has 1 atom stereocenters. The maximum atomic E-state index is 12.6. The van der Waals surface area contributed by atoms with Gasteiger partial charge in [-0.3, -0.25) is 4.79 Å². The Kier molecular flexibility index (Phi) is 6.58. The number of nitrogens with zero attached hydrogens (tertiary/aromatic N) is 3. The van der Waals surface area contributed by atoms with Crippen molar-refractivity contribution in [3.63, 3.8) is 0 Å². The van der Waals surface area contributed by atoms with Crippen molar-refractivity contribution in [1.82, 2.24) is 9.55 Å². The second-order valence-corrected chi connectivity index (χ2v) is 16.9. The SMILES string of the molecule is CC1=NO[Si](C)(C)O[Si](C)(C)N1Cc1ccc(C[C@H](N)C(=O)N(C)c2ccc[nH]2)s1. The van der Waals surface area contributed by atoms with Crippen molar-refractivity contribution in [2.45, 2.75) is 52.1 Å². The second-order valence-electron chi connectivity index (χ2n) is 8.40. The van der Waals surface area contributed by atoms with Crippen LogP contribution in [0.5, 0.6) is 0 Å². The summed E-state index contributed by atoms with van der Waals surface area (Å²) in [6.07, 6.45) is 2.29. The third kappa shape index (κ3) is 5.21. The van der Waals surface area contributed by atoms with E-state index in [4.69, 9.17) is 14.4 Å². The van der Waals surface area contributed by atoms with Crippen molar-refractivity contribution in [2.75, 3.05) is 11.9 Å². The van der Waals surface area contributed by atoms with Crippen LogP contribution in [-0.4, -0.2) is 51.4 Å². The van der Waals surface area contributed by atoms with Gasteiger partial charge in [0.05, 0.1) is 6.04 Å². The fraction of sp³-hybridized carbons (Fsp3) is 0.474. The molecule has 1 aliphatic heterocycles. The molecule has 0 bridgehead atoms. The van der Waals surface area contributed by atoms with Crippen molar-refractivity contribution >= 4 is 45.9 Å². The third-order valence-electron chi connectivity index (χ3n) is 4.98. The van der Waals surface area contributed by atoms with E-state index in [1.165, 1.54) is 4.88 Å². The average molecular weight is 466 g/mol. The smallest absolute Gasteiger partial charge is 0.412 e. The first-order chi connectivity index (χ1) is 14.0. The van der Waals surface area contributed by atoms with Crippen LogP contribution in [0.15, 0.2) is 35.6 Å². The van der Waals surface area contributed by atoms with Gasteiger partial charge in [0, 0.05) is 36.0 Å². The quantitative estimate of drug-likeness (QED) is 0.639. The maximum Gasteiger partial charge on any atom is 0.412 e. The minimum absolute atomic E-state index is 0.117. The monoisotopic (exact) mass is 465 g/mol. The normalized spacial score (nSPS) is 18.9. The highest BCUT2D eigenvalue weighted by atomic mass is 32.1. The minimum Gasteiger partial charge on any atom is -0.421 e. The van der Waals surface area contributed by atoms with Crippen molar-refractivity contribution < 1.29 is 13.4 Å². The molecular weight excluding hydrogens is 434 g/mol. The summed E-state index contributed by atoms with van der Waals surface area (Å²) in [4.78, 5) is 19.5. The summed E-state index contributed by atoms with van der Waals surface area (Å²) >= 11 is 1.67. The first kappa shape index (κ1) is 22.8. The molecule has 3 N–H and O–H groups in total. The summed E-state index contributed by atoms with van der Waals surface area (Å²) in [6, 6.07) is 7.25. The number of anilines is 1. The Balaban J connectivity index is 1.67. The molecule has 0 aromatic carbocycles. The van der Waals surface area contributed by atoms with Gasteiger partial charge < -0.3 is 28.8 Å². The van der Waals surface area contributed by atoms with E-state index in [2.05, 4.69) is 39.9 Å². The van der Waals surface area contributed by atoms with Crippen LogP contribution in [-0.2, 0) is 26.4 Å². The van der Waals surface area contributed by atoms with Crippen LogP contribution < -0.4 is 10.6 Å². The first-order valence-electron chi connectivity index (χ1n) is 9.93. The Hall–Kier alpha value is -1.93. The molecule has 8 nitrogen and oxygen atoms in total. The Morgan fingerprint density at radius 2 is 2.00 bits per heavy atom. The lowest BCUT2D eigenvalue weighted by molar-refractivity contribution is -0.119. The fourth-order valence-corrected chi connectivity index (χ4v) is 11.9. The topological polar surface area (TPSA) is 96.2 Å². The third-order valence-corrected chi connectivity index (χ3v) is 12.3. The molecule has 3 rings (SSSR count). The van der Waals surface area contributed by atoms with Crippen molar-refractivity contribution in [1.29, 1.82) is 0 Å². The van der Waals surface area contributed by atoms with Gasteiger partial charge in [-0.1, -0.05) is 5.16 Å². The molecule has 2 aromatic rings. The lowest BCUT2D eigenvalue weighted by atomic mass is 10.1. The largest absolute Gasteiger partial charge is 0.421 e. The molecular formula is C19H31N5O3SSi2. The van der Waals surface area contributed by atoms with Gasteiger partial charge in [0.25, 0.3) is 8.48 Å². The Morgan fingerprint density at radius 1 is 1.30 bits per heavy atom. The second kappa shape index (κ2) is 8.67. The summed E-state index contributed by atoms with van der Waals surface area (Å²) < 4.78 is 14.3. The van der Waals surface area contributed by atoms with Crippen LogP contribution in [0, 0.1) is 0 Å². The molecule has 11 heteroatoms. The van der Waals surface area contributed by atoms with E-state index in [0.717, 1.165) is 16.5 Å². The lowest BCUT2D eigenvalue weighted by Crippen LogP contribution is -2.56. The predicted octanol–water partition coefficient (Wildman–Crippen LogP) is 3.19. The Morgan fingerprint density at radius 3 is 2.67 bits per heavy atom. The van der Waals surface area contributed by atoms with Crippen LogP contribution >= 0.6 is 11.3 Å².